The molecule has 5 rings (SSSR count). The zero-order valence-electron chi connectivity index (χ0n) is 19.2. The predicted octanol–water partition coefficient (Wildman–Crippen LogP) is 6.80. The molecule has 36 heavy (non-hydrogen) atoms. The number of hydrogen-bond acceptors (Lipinski definition) is 4. The molecule has 0 amide bonds. The molecule has 0 atom stereocenters. The first-order valence-corrected chi connectivity index (χ1v) is 11.2. The number of anilines is 1. The minimum Gasteiger partial charge on any atom is -0.379 e. The quantitative estimate of drug-likeness (QED) is 0.259. The summed E-state index contributed by atoms with van der Waals surface area (Å²) >= 11 is 0. The number of hydrogen-bond donors (Lipinski definition) is 2. The normalized spacial score (nSPS) is 11.6. The van der Waals surface area contributed by atoms with Gasteiger partial charge in [-0.1, -0.05) is 54.6 Å². The number of aromatic nitrogens is 3. The molecule has 5 nitrogen and oxygen atoms in total. The van der Waals surface area contributed by atoms with Crippen molar-refractivity contribution in [3.05, 3.63) is 113 Å². The third kappa shape index (κ3) is 4.45. The second-order valence-corrected chi connectivity index (χ2v) is 8.35. The molecule has 0 saturated carbocycles. The van der Waals surface area contributed by atoms with Gasteiger partial charge >= 0.3 is 6.18 Å². The molecule has 2 heterocycles. The average Bonchev–Trinajstić information content (AvgIpc) is 3.30. The van der Waals surface area contributed by atoms with Crippen LogP contribution in [0, 0.1) is 6.92 Å². The maximum atomic E-state index is 13.8. The van der Waals surface area contributed by atoms with E-state index in [2.05, 4.69) is 20.3 Å². The van der Waals surface area contributed by atoms with E-state index in [1.807, 2.05) is 19.1 Å². The van der Waals surface area contributed by atoms with E-state index in [4.69, 9.17) is 0 Å². The Balaban J connectivity index is 1.67. The van der Waals surface area contributed by atoms with Crippen LogP contribution < -0.4 is 5.32 Å². The summed E-state index contributed by atoms with van der Waals surface area (Å²) in [5, 5.41) is 3.56. The van der Waals surface area contributed by atoms with Crippen LogP contribution in [0.1, 0.15) is 32.9 Å². The molecule has 2 aromatic heterocycles. The fourth-order valence-corrected chi connectivity index (χ4v) is 4.22. The van der Waals surface area contributed by atoms with Crippen LogP contribution in [0.15, 0.2) is 85.3 Å². The van der Waals surface area contributed by atoms with Crippen molar-refractivity contribution in [3.63, 3.8) is 0 Å². The molecule has 0 aliphatic heterocycles. The fraction of sp³-hybridized carbons (Fsp3) is 0.107. The highest BCUT2D eigenvalue weighted by Gasteiger charge is 2.34. The van der Waals surface area contributed by atoms with Crippen LogP contribution in [0.2, 0.25) is 0 Å². The summed E-state index contributed by atoms with van der Waals surface area (Å²) in [5.41, 5.74) is 3.15. The first-order valence-electron chi connectivity index (χ1n) is 11.2. The van der Waals surface area contributed by atoms with Crippen LogP contribution >= 0.6 is 0 Å². The van der Waals surface area contributed by atoms with Crippen molar-refractivity contribution in [1.29, 1.82) is 0 Å². The number of alkyl halides is 3. The van der Waals surface area contributed by atoms with Crippen molar-refractivity contribution >= 4 is 22.4 Å². The number of aryl methyl sites for hydroxylation is 1. The maximum absolute atomic E-state index is 13.8. The van der Waals surface area contributed by atoms with Gasteiger partial charge in [-0.15, -0.1) is 0 Å². The summed E-state index contributed by atoms with van der Waals surface area (Å²) < 4.78 is 41.3. The first-order chi connectivity index (χ1) is 17.3. The van der Waals surface area contributed by atoms with Crippen molar-refractivity contribution in [2.45, 2.75) is 19.6 Å². The Morgan fingerprint density at radius 1 is 0.972 bits per heavy atom. The molecule has 0 spiro atoms. The highest BCUT2D eigenvalue weighted by Crippen LogP contribution is 2.39. The molecule has 0 bridgehead atoms. The Morgan fingerprint density at radius 2 is 1.75 bits per heavy atom. The summed E-state index contributed by atoms with van der Waals surface area (Å²) in [6.45, 7) is 2.38. The lowest BCUT2D eigenvalue weighted by Crippen LogP contribution is -2.09. The van der Waals surface area contributed by atoms with E-state index in [0.29, 0.717) is 23.2 Å². The van der Waals surface area contributed by atoms with Gasteiger partial charge in [0, 0.05) is 39.7 Å². The lowest BCUT2D eigenvalue weighted by Gasteiger charge is -2.16. The van der Waals surface area contributed by atoms with Gasteiger partial charge in [-0.25, -0.2) is 4.98 Å². The Morgan fingerprint density at radius 3 is 2.47 bits per heavy atom. The molecular formula is C28H21F3N4O. The van der Waals surface area contributed by atoms with E-state index in [-0.39, 0.29) is 22.2 Å². The van der Waals surface area contributed by atoms with Gasteiger partial charge in [0.05, 0.1) is 29.6 Å². The number of imidazole rings is 1. The number of carbonyl (C=O) groups excluding carboxylic acids is 1. The van der Waals surface area contributed by atoms with Crippen LogP contribution in [0.3, 0.4) is 0 Å². The molecule has 3 aromatic carbocycles. The number of ketones is 1. The summed E-state index contributed by atoms with van der Waals surface area (Å²) in [6.07, 6.45) is -1.72. The predicted molar refractivity (Wildman–Crippen MR) is 133 cm³/mol. The zero-order chi connectivity index (χ0) is 25.3. The lowest BCUT2D eigenvalue weighted by atomic mass is 9.91. The van der Waals surface area contributed by atoms with E-state index >= 15 is 0 Å². The summed E-state index contributed by atoms with van der Waals surface area (Å²) in [6, 6.07) is 19.8. The van der Waals surface area contributed by atoms with Gasteiger partial charge in [-0.2, -0.15) is 13.2 Å². The van der Waals surface area contributed by atoms with Gasteiger partial charge in [-0.05, 0) is 30.7 Å². The fourth-order valence-electron chi connectivity index (χ4n) is 4.22. The average molecular weight is 486 g/mol. The zero-order valence-corrected chi connectivity index (χ0v) is 19.2. The molecule has 0 radical (unpaired) electrons. The van der Waals surface area contributed by atoms with Gasteiger partial charge in [0.15, 0.2) is 5.78 Å². The van der Waals surface area contributed by atoms with E-state index in [1.165, 1.54) is 12.3 Å². The number of nitrogens with zero attached hydrogens (tertiary/aromatic N) is 2. The number of rotatable bonds is 6. The summed E-state index contributed by atoms with van der Waals surface area (Å²) in [5.74, 6) is -0.317. The number of nitrogens with one attached hydrogen (secondary N) is 2. The van der Waals surface area contributed by atoms with Gasteiger partial charge in [0.2, 0.25) is 0 Å². The lowest BCUT2D eigenvalue weighted by molar-refractivity contribution is -0.136. The molecule has 0 unspecified atom stereocenters. The van der Waals surface area contributed by atoms with Crippen LogP contribution in [0.4, 0.5) is 18.9 Å². The van der Waals surface area contributed by atoms with Crippen LogP contribution in [-0.2, 0) is 12.7 Å². The number of carbonyl (C=O) groups is 1. The smallest absolute Gasteiger partial charge is 0.379 e. The molecule has 8 heteroatoms. The Bertz CT molecular complexity index is 1560. The molecule has 2 N–H and O–H groups in total. The molecule has 0 aliphatic rings. The Labute approximate surface area is 205 Å². The van der Waals surface area contributed by atoms with Crippen LogP contribution in [-0.4, -0.2) is 20.7 Å². The van der Waals surface area contributed by atoms with Gasteiger partial charge in [0.1, 0.15) is 0 Å². The molecular weight excluding hydrogens is 465 g/mol. The number of benzene rings is 3. The van der Waals surface area contributed by atoms with E-state index in [9.17, 15) is 18.0 Å². The monoisotopic (exact) mass is 486 g/mol. The maximum Gasteiger partial charge on any atom is 0.418 e. The Kier molecular flexibility index (Phi) is 6.01. The molecule has 0 saturated heterocycles. The number of pyridine rings is 1. The van der Waals surface area contributed by atoms with Crippen molar-refractivity contribution in [2.75, 3.05) is 5.32 Å². The highest BCUT2D eigenvalue weighted by atomic mass is 19.4. The topological polar surface area (TPSA) is 70.7 Å². The molecule has 180 valence electrons. The van der Waals surface area contributed by atoms with E-state index in [1.54, 1.807) is 54.9 Å². The second-order valence-electron chi connectivity index (χ2n) is 8.35. The second kappa shape index (κ2) is 9.30. The Hall–Kier alpha value is -4.46. The number of aromatic amines is 1. The van der Waals surface area contributed by atoms with Gasteiger partial charge in [-0.3, -0.25) is 9.78 Å². The largest absolute Gasteiger partial charge is 0.418 e. The summed E-state index contributed by atoms with van der Waals surface area (Å²) in [7, 11) is 0. The third-order valence-electron chi connectivity index (χ3n) is 6.03. The van der Waals surface area contributed by atoms with E-state index in [0.717, 1.165) is 23.1 Å². The van der Waals surface area contributed by atoms with E-state index < -0.39 is 11.7 Å². The van der Waals surface area contributed by atoms with Gasteiger partial charge in [0.25, 0.3) is 0 Å². The number of fused-ring (bicyclic) bond motifs is 1. The molecule has 0 aliphatic carbocycles. The SMILES string of the molecule is Cc1[nH]cnc1CNc1cccc(-c2c(C(=O)c3ccccc3)cnc3c(C(F)(F)F)cccc23)c1. The van der Waals surface area contributed by atoms with Crippen molar-refractivity contribution in [3.8, 4) is 11.1 Å². The number of H-pyrrole nitrogens is 1. The van der Waals surface area contributed by atoms with Crippen molar-refractivity contribution in [1.82, 2.24) is 15.0 Å². The molecule has 5 aromatic rings. The number of para-hydroxylation sites is 1. The first kappa shape index (κ1) is 23.3. The highest BCUT2D eigenvalue weighted by molar-refractivity contribution is 6.16. The minimum absolute atomic E-state index is 0.199. The van der Waals surface area contributed by atoms with Gasteiger partial charge < -0.3 is 10.3 Å². The van der Waals surface area contributed by atoms with Crippen molar-refractivity contribution < 1.29 is 18.0 Å². The minimum atomic E-state index is -4.58. The molecule has 0 fully saturated rings. The van der Waals surface area contributed by atoms with Crippen molar-refractivity contribution in [2.24, 2.45) is 0 Å². The third-order valence-corrected chi connectivity index (χ3v) is 6.03. The number of halogens is 3. The van der Waals surface area contributed by atoms with Crippen LogP contribution in [0.25, 0.3) is 22.0 Å². The standard InChI is InChI=1S/C28H21F3N4O/c1-17-24(35-16-34-17)15-32-20-10-5-9-19(13-20)25-21-11-6-12-23(28(29,30)31)26(21)33-14-22(25)27(36)18-7-3-2-4-8-18/h2-14,16,32H,15H2,1H3,(H,34,35). The van der Waals surface area contributed by atoms with Crippen LogP contribution in [0.5, 0.6) is 0 Å². The summed E-state index contributed by atoms with van der Waals surface area (Å²) in [4.78, 5) is 24.9.